The molecule has 0 spiro atoms. The lowest BCUT2D eigenvalue weighted by Gasteiger charge is -2.50. The van der Waals surface area contributed by atoms with Crippen LogP contribution in [0, 0.1) is 11.2 Å². The summed E-state index contributed by atoms with van der Waals surface area (Å²) in [6.07, 6.45) is 5.32. The zero-order valence-corrected chi connectivity index (χ0v) is 10.9. The molecule has 3 aliphatic rings. The van der Waals surface area contributed by atoms with E-state index < -0.39 is 0 Å². The molecule has 3 saturated carbocycles. The van der Waals surface area contributed by atoms with Crippen molar-refractivity contribution >= 4 is 11.6 Å². The Balaban J connectivity index is 1.74. The fourth-order valence-corrected chi connectivity index (χ4v) is 3.39. The zero-order valence-electron chi connectivity index (χ0n) is 10.9. The number of hydrogen-bond acceptors (Lipinski definition) is 2. The summed E-state index contributed by atoms with van der Waals surface area (Å²) in [5.41, 5.74) is 6.46. The summed E-state index contributed by atoms with van der Waals surface area (Å²) in [5.74, 6) is -0.302. The number of rotatable bonds is 2. The summed E-state index contributed by atoms with van der Waals surface area (Å²) >= 11 is 0. The molecule has 102 valence electrons. The van der Waals surface area contributed by atoms with Crippen LogP contribution in [0.4, 0.5) is 10.1 Å². The Bertz CT molecular complexity index is 490. The van der Waals surface area contributed by atoms with Crippen LogP contribution in [-0.2, 0) is 4.79 Å². The predicted molar refractivity (Wildman–Crippen MR) is 72.1 cm³/mol. The third-order valence-corrected chi connectivity index (χ3v) is 4.87. The van der Waals surface area contributed by atoms with Gasteiger partial charge in [-0.3, -0.25) is 4.79 Å². The number of nitrogens with one attached hydrogen (secondary N) is 1. The zero-order chi connectivity index (χ0) is 13.5. The lowest BCUT2D eigenvalue weighted by molar-refractivity contribution is -0.131. The van der Waals surface area contributed by atoms with E-state index in [0.29, 0.717) is 5.69 Å². The van der Waals surface area contributed by atoms with Gasteiger partial charge in [0, 0.05) is 16.6 Å². The summed E-state index contributed by atoms with van der Waals surface area (Å²) in [7, 11) is 0. The molecule has 1 aromatic carbocycles. The molecule has 1 amide bonds. The van der Waals surface area contributed by atoms with Gasteiger partial charge in [0.15, 0.2) is 0 Å². The van der Waals surface area contributed by atoms with Crippen LogP contribution in [0.3, 0.4) is 0 Å². The number of fused-ring (bicyclic) bond motifs is 3. The molecule has 0 unspecified atom stereocenters. The summed E-state index contributed by atoms with van der Waals surface area (Å²) in [4.78, 5) is 12.5. The normalized spacial score (nSPS) is 33.2. The molecule has 0 radical (unpaired) electrons. The maximum atomic E-state index is 13.1. The second-order valence-corrected chi connectivity index (χ2v) is 6.11. The van der Waals surface area contributed by atoms with Gasteiger partial charge >= 0.3 is 0 Å². The van der Waals surface area contributed by atoms with Crippen molar-refractivity contribution in [3.8, 4) is 0 Å². The topological polar surface area (TPSA) is 55.1 Å². The molecule has 0 atom stereocenters. The number of anilines is 1. The molecule has 0 saturated heterocycles. The predicted octanol–water partition coefficient (Wildman–Crippen LogP) is 2.82. The van der Waals surface area contributed by atoms with Crippen LogP contribution in [0.25, 0.3) is 0 Å². The van der Waals surface area contributed by atoms with Crippen molar-refractivity contribution in [3.05, 3.63) is 30.1 Å². The number of benzene rings is 1. The minimum atomic E-state index is -0.330. The van der Waals surface area contributed by atoms with Crippen molar-refractivity contribution in [3.63, 3.8) is 0 Å². The van der Waals surface area contributed by atoms with Crippen LogP contribution in [0.5, 0.6) is 0 Å². The summed E-state index contributed by atoms with van der Waals surface area (Å²) in [6.45, 7) is 0. The first-order chi connectivity index (χ1) is 9.01. The molecule has 3 nitrogen and oxygen atoms in total. The van der Waals surface area contributed by atoms with Gasteiger partial charge in [-0.2, -0.15) is 0 Å². The highest BCUT2D eigenvalue weighted by Gasteiger charge is 2.50. The summed E-state index contributed by atoms with van der Waals surface area (Å²) in [6, 6.07) is 6.05. The monoisotopic (exact) mass is 262 g/mol. The quantitative estimate of drug-likeness (QED) is 0.861. The van der Waals surface area contributed by atoms with Crippen LogP contribution in [-0.4, -0.2) is 11.4 Å². The highest BCUT2D eigenvalue weighted by atomic mass is 19.1. The van der Waals surface area contributed by atoms with E-state index in [1.807, 2.05) is 0 Å². The van der Waals surface area contributed by atoms with E-state index in [1.54, 1.807) is 12.1 Å². The molecule has 0 aromatic heterocycles. The van der Waals surface area contributed by atoms with Gasteiger partial charge in [-0.05, 0) is 56.7 Å². The second kappa shape index (κ2) is 4.30. The molecule has 3 aliphatic carbocycles. The van der Waals surface area contributed by atoms with E-state index in [2.05, 4.69) is 5.32 Å². The van der Waals surface area contributed by atoms with E-state index >= 15 is 0 Å². The average Bonchev–Trinajstić information content (AvgIpc) is 2.40. The number of nitrogens with two attached hydrogens (primary N) is 1. The van der Waals surface area contributed by atoms with E-state index in [-0.39, 0.29) is 22.7 Å². The van der Waals surface area contributed by atoms with Crippen LogP contribution in [0.15, 0.2) is 24.3 Å². The Morgan fingerprint density at radius 2 is 1.79 bits per heavy atom. The number of halogens is 1. The Morgan fingerprint density at radius 3 is 2.37 bits per heavy atom. The fourth-order valence-electron chi connectivity index (χ4n) is 3.39. The Morgan fingerprint density at radius 1 is 1.16 bits per heavy atom. The average molecular weight is 262 g/mol. The van der Waals surface area contributed by atoms with Crippen molar-refractivity contribution < 1.29 is 9.18 Å². The van der Waals surface area contributed by atoms with Gasteiger partial charge in [-0.1, -0.05) is 6.07 Å². The van der Waals surface area contributed by atoms with Gasteiger partial charge in [0.2, 0.25) is 5.91 Å². The first-order valence-electron chi connectivity index (χ1n) is 6.87. The lowest BCUT2D eigenvalue weighted by Crippen LogP contribution is -2.55. The van der Waals surface area contributed by atoms with Gasteiger partial charge in [0.25, 0.3) is 0 Å². The van der Waals surface area contributed by atoms with Crippen molar-refractivity contribution in [1.82, 2.24) is 0 Å². The molecular formula is C15H19FN2O. The summed E-state index contributed by atoms with van der Waals surface area (Å²) < 4.78 is 13.1. The van der Waals surface area contributed by atoms with E-state index in [1.165, 1.54) is 12.1 Å². The first kappa shape index (κ1) is 12.6. The molecule has 4 heteroatoms. The minimum absolute atomic E-state index is 0.0276. The number of carbonyl (C=O) groups is 1. The van der Waals surface area contributed by atoms with Gasteiger partial charge in [0.1, 0.15) is 5.82 Å². The molecule has 0 aliphatic heterocycles. The van der Waals surface area contributed by atoms with Crippen molar-refractivity contribution in [2.24, 2.45) is 11.1 Å². The molecular weight excluding hydrogens is 243 g/mol. The standard InChI is InChI=1S/C15H19FN2O/c16-11-2-1-3-12(10-11)18-13(19)14-4-7-15(17,8-5-14)9-6-14/h1-3,10H,4-9,17H2,(H,18,19). The van der Waals surface area contributed by atoms with Gasteiger partial charge in [0.05, 0.1) is 0 Å². The molecule has 3 N–H and O–H groups in total. The van der Waals surface area contributed by atoms with E-state index in [4.69, 9.17) is 5.73 Å². The summed E-state index contributed by atoms with van der Waals surface area (Å²) in [5, 5.41) is 2.86. The Labute approximate surface area is 112 Å². The van der Waals surface area contributed by atoms with Crippen LogP contribution >= 0.6 is 0 Å². The SMILES string of the molecule is NC12CCC(C(=O)Nc3cccc(F)c3)(CC1)CC2. The van der Waals surface area contributed by atoms with Crippen LogP contribution in [0.2, 0.25) is 0 Å². The number of carbonyl (C=O) groups excluding carboxylic acids is 1. The van der Waals surface area contributed by atoms with Crippen molar-refractivity contribution in [2.45, 2.75) is 44.1 Å². The Hall–Kier alpha value is -1.42. The molecule has 19 heavy (non-hydrogen) atoms. The second-order valence-electron chi connectivity index (χ2n) is 6.11. The number of amides is 1. The largest absolute Gasteiger partial charge is 0.326 e. The first-order valence-corrected chi connectivity index (χ1v) is 6.87. The maximum absolute atomic E-state index is 13.1. The molecule has 1 aromatic rings. The van der Waals surface area contributed by atoms with Crippen LogP contribution < -0.4 is 11.1 Å². The third kappa shape index (κ3) is 2.25. The van der Waals surface area contributed by atoms with E-state index in [0.717, 1.165) is 38.5 Å². The highest BCUT2D eigenvalue weighted by molar-refractivity contribution is 5.95. The molecule has 2 bridgehead atoms. The van der Waals surface area contributed by atoms with Crippen LogP contribution in [0.1, 0.15) is 38.5 Å². The van der Waals surface area contributed by atoms with Crippen molar-refractivity contribution in [1.29, 1.82) is 0 Å². The Kier molecular flexibility index (Phi) is 2.86. The molecule has 3 fully saturated rings. The molecule has 0 heterocycles. The highest BCUT2D eigenvalue weighted by Crippen LogP contribution is 2.51. The smallest absolute Gasteiger partial charge is 0.230 e. The fraction of sp³-hybridized carbons (Fsp3) is 0.533. The molecule has 4 rings (SSSR count). The van der Waals surface area contributed by atoms with E-state index in [9.17, 15) is 9.18 Å². The maximum Gasteiger partial charge on any atom is 0.230 e. The van der Waals surface area contributed by atoms with Gasteiger partial charge in [-0.25, -0.2) is 4.39 Å². The van der Waals surface area contributed by atoms with Gasteiger partial charge in [-0.15, -0.1) is 0 Å². The van der Waals surface area contributed by atoms with Gasteiger partial charge < -0.3 is 11.1 Å². The number of hydrogen-bond donors (Lipinski definition) is 2. The van der Waals surface area contributed by atoms with Crippen molar-refractivity contribution in [2.75, 3.05) is 5.32 Å². The lowest BCUT2D eigenvalue weighted by atomic mass is 9.57. The third-order valence-electron chi connectivity index (χ3n) is 4.87. The minimum Gasteiger partial charge on any atom is -0.326 e.